The van der Waals surface area contributed by atoms with Gasteiger partial charge in [-0.05, 0) is 56.0 Å². The highest BCUT2D eigenvalue weighted by Gasteiger charge is 2.33. The molecule has 3 aromatic carbocycles. The second kappa shape index (κ2) is 13.1. The first-order valence-corrected chi connectivity index (χ1v) is 15.1. The van der Waals surface area contributed by atoms with Gasteiger partial charge < -0.3 is 10.2 Å². The standard InChI is InChI=1S/C30H34ClN3O4S/c1-23(30(36)32-25-14-8-9-15-25)33(21-20-24-12-4-2-5-13-24)29(35)22-34(28-19-11-10-18-27(28)31)39(37,38)26-16-6-3-7-17-26/h2-7,10-13,16-19,23,25H,8-9,14-15,20-22H2,1H3,(H,32,36)/t23-/m0/s1. The van der Waals surface area contributed by atoms with E-state index in [0.29, 0.717) is 6.42 Å². The summed E-state index contributed by atoms with van der Waals surface area (Å²) in [6, 6.07) is 23.5. The van der Waals surface area contributed by atoms with Crippen molar-refractivity contribution in [3.8, 4) is 0 Å². The summed E-state index contributed by atoms with van der Waals surface area (Å²) in [6.07, 6.45) is 4.50. The van der Waals surface area contributed by atoms with Gasteiger partial charge in [0.15, 0.2) is 0 Å². The van der Waals surface area contributed by atoms with Gasteiger partial charge in [0, 0.05) is 12.6 Å². The molecule has 1 N–H and O–H groups in total. The van der Waals surface area contributed by atoms with E-state index < -0.39 is 28.5 Å². The van der Waals surface area contributed by atoms with E-state index in [9.17, 15) is 18.0 Å². The van der Waals surface area contributed by atoms with Crippen molar-refractivity contribution < 1.29 is 18.0 Å². The molecule has 1 fully saturated rings. The number of para-hydroxylation sites is 1. The van der Waals surface area contributed by atoms with E-state index in [1.807, 2.05) is 30.3 Å². The van der Waals surface area contributed by atoms with Gasteiger partial charge in [0.25, 0.3) is 10.0 Å². The molecule has 0 aliphatic heterocycles. The van der Waals surface area contributed by atoms with Gasteiger partial charge in [-0.3, -0.25) is 13.9 Å². The second-order valence-electron chi connectivity index (χ2n) is 9.76. The number of carbonyl (C=O) groups is 2. The van der Waals surface area contributed by atoms with Crippen LogP contribution in [-0.4, -0.2) is 50.3 Å². The second-order valence-corrected chi connectivity index (χ2v) is 12.0. The quantitative estimate of drug-likeness (QED) is 0.351. The molecule has 0 bridgehead atoms. The Morgan fingerprint density at radius 3 is 2.15 bits per heavy atom. The molecule has 0 aromatic heterocycles. The molecule has 1 saturated carbocycles. The predicted octanol–water partition coefficient (Wildman–Crippen LogP) is 5.05. The first kappa shape index (κ1) is 28.6. The molecule has 0 saturated heterocycles. The number of sulfonamides is 1. The van der Waals surface area contributed by atoms with E-state index >= 15 is 0 Å². The normalized spacial score (nSPS) is 14.5. The van der Waals surface area contributed by atoms with E-state index in [1.54, 1.807) is 49.4 Å². The molecule has 3 aromatic rings. The van der Waals surface area contributed by atoms with Crippen molar-refractivity contribution >= 4 is 39.1 Å². The maximum atomic E-state index is 13.9. The number of nitrogens with zero attached hydrogens (tertiary/aromatic N) is 2. The zero-order valence-electron chi connectivity index (χ0n) is 22.0. The smallest absolute Gasteiger partial charge is 0.264 e. The van der Waals surface area contributed by atoms with Crippen molar-refractivity contribution in [2.24, 2.45) is 0 Å². The average Bonchev–Trinajstić information content (AvgIpc) is 3.46. The maximum Gasteiger partial charge on any atom is 0.264 e. The van der Waals surface area contributed by atoms with Crippen LogP contribution in [0, 0.1) is 0 Å². The highest BCUT2D eigenvalue weighted by molar-refractivity contribution is 7.92. The monoisotopic (exact) mass is 567 g/mol. The lowest BCUT2D eigenvalue weighted by Gasteiger charge is -2.32. The Bertz CT molecular complexity index is 1360. The van der Waals surface area contributed by atoms with Crippen LogP contribution in [0.25, 0.3) is 0 Å². The van der Waals surface area contributed by atoms with Crippen LogP contribution in [0.1, 0.15) is 38.2 Å². The molecule has 1 aliphatic rings. The predicted molar refractivity (Wildman–Crippen MR) is 154 cm³/mol. The van der Waals surface area contributed by atoms with Crippen molar-refractivity contribution in [3.05, 3.63) is 95.5 Å². The maximum absolute atomic E-state index is 13.9. The highest BCUT2D eigenvalue weighted by Crippen LogP contribution is 2.30. The van der Waals surface area contributed by atoms with Gasteiger partial charge in [0.2, 0.25) is 11.8 Å². The van der Waals surface area contributed by atoms with Crippen LogP contribution in [0.2, 0.25) is 5.02 Å². The molecule has 0 heterocycles. The number of halogens is 1. The van der Waals surface area contributed by atoms with Gasteiger partial charge in [-0.1, -0.05) is 85.1 Å². The van der Waals surface area contributed by atoms with Crippen molar-refractivity contribution in [3.63, 3.8) is 0 Å². The van der Waals surface area contributed by atoms with E-state index in [1.165, 1.54) is 17.0 Å². The minimum atomic E-state index is -4.14. The fourth-order valence-corrected chi connectivity index (χ4v) is 6.59. The van der Waals surface area contributed by atoms with Gasteiger partial charge in [-0.2, -0.15) is 0 Å². The number of rotatable bonds is 11. The molecule has 0 spiro atoms. The minimum Gasteiger partial charge on any atom is -0.352 e. The lowest BCUT2D eigenvalue weighted by molar-refractivity contribution is -0.139. The molecule has 206 valence electrons. The van der Waals surface area contributed by atoms with Crippen LogP contribution >= 0.6 is 11.6 Å². The molecule has 1 atom stereocenters. The highest BCUT2D eigenvalue weighted by atomic mass is 35.5. The molecule has 4 rings (SSSR count). The molecular formula is C30H34ClN3O4S. The zero-order valence-corrected chi connectivity index (χ0v) is 23.6. The summed E-state index contributed by atoms with van der Waals surface area (Å²) >= 11 is 6.43. The Balaban J connectivity index is 1.64. The first-order valence-electron chi connectivity index (χ1n) is 13.2. The number of hydrogen-bond donors (Lipinski definition) is 1. The third-order valence-electron chi connectivity index (χ3n) is 7.08. The average molecular weight is 568 g/mol. The van der Waals surface area contributed by atoms with Crippen LogP contribution in [0.15, 0.2) is 89.8 Å². The Morgan fingerprint density at radius 2 is 1.51 bits per heavy atom. The molecular weight excluding hydrogens is 534 g/mol. The molecule has 7 nitrogen and oxygen atoms in total. The molecule has 2 amide bonds. The van der Waals surface area contributed by atoms with Crippen LogP contribution < -0.4 is 9.62 Å². The largest absolute Gasteiger partial charge is 0.352 e. The molecule has 1 aliphatic carbocycles. The summed E-state index contributed by atoms with van der Waals surface area (Å²) in [5, 5.41) is 3.28. The fourth-order valence-electron chi connectivity index (χ4n) is 4.85. The van der Waals surface area contributed by atoms with Crippen molar-refractivity contribution in [2.75, 3.05) is 17.4 Å². The first-order chi connectivity index (χ1) is 18.8. The summed E-state index contributed by atoms with van der Waals surface area (Å²) in [4.78, 5) is 28.7. The Hall–Kier alpha value is -3.36. The lowest BCUT2D eigenvalue weighted by atomic mass is 10.1. The number of nitrogens with one attached hydrogen (secondary N) is 1. The SMILES string of the molecule is C[C@@H](C(=O)NC1CCCC1)N(CCc1ccccc1)C(=O)CN(c1ccccc1Cl)S(=O)(=O)c1ccccc1. The molecule has 0 radical (unpaired) electrons. The summed E-state index contributed by atoms with van der Waals surface area (Å²) in [6.45, 7) is 1.44. The van der Waals surface area contributed by atoms with Gasteiger partial charge in [-0.15, -0.1) is 0 Å². The lowest BCUT2D eigenvalue weighted by Crippen LogP contribution is -2.53. The van der Waals surface area contributed by atoms with E-state index in [0.717, 1.165) is 35.6 Å². The van der Waals surface area contributed by atoms with E-state index in [4.69, 9.17) is 11.6 Å². The molecule has 9 heteroatoms. The van der Waals surface area contributed by atoms with Crippen LogP contribution in [0.4, 0.5) is 5.69 Å². The van der Waals surface area contributed by atoms with Gasteiger partial charge in [0.05, 0.1) is 15.6 Å². The fraction of sp³-hybridized carbons (Fsp3) is 0.333. The van der Waals surface area contributed by atoms with Crippen LogP contribution in [-0.2, 0) is 26.0 Å². The van der Waals surface area contributed by atoms with Crippen LogP contribution in [0.3, 0.4) is 0 Å². The summed E-state index contributed by atoms with van der Waals surface area (Å²) < 4.78 is 28.6. The summed E-state index contributed by atoms with van der Waals surface area (Å²) in [5.41, 5.74) is 1.21. The zero-order chi connectivity index (χ0) is 27.8. The van der Waals surface area contributed by atoms with Crippen molar-refractivity contribution in [2.45, 2.75) is 56.0 Å². The topological polar surface area (TPSA) is 86.8 Å². The molecule has 0 unspecified atom stereocenters. The number of carbonyl (C=O) groups excluding carboxylic acids is 2. The Morgan fingerprint density at radius 1 is 0.923 bits per heavy atom. The summed E-state index contributed by atoms with van der Waals surface area (Å²) in [7, 11) is -4.14. The number of amides is 2. The molecule has 39 heavy (non-hydrogen) atoms. The number of benzene rings is 3. The number of hydrogen-bond acceptors (Lipinski definition) is 4. The van der Waals surface area contributed by atoms with Gasteiger partial charge in [0.1, 0.15) is 12.6 Å². The Kier molecular flexibility index (Phi) is 9.64. The van der Waals surface area contributed by atoms with E-state index in [-0.39, 0.29) is 34.1 Å². The van der Waals surface area contributed by atoms with Gasteiger partial charge in [-0.25, -0.2) is 8.42 Å². The van der Waals surface area contributed by atoms with Gasteiger partial charge >= 0.3 is 0 Å². The third kappa shape index (κ3) is 7.19. The van der Waals surface area contributed by atoms with Crippen LogP contribution in [0.5, 0.6) is 0 Å². The Labute approximate surface area is 235 Å². The third-order valence-corrected chi connectivity index (χ3v) is 9.18. The van der Waals surface area contributed by atoms with Crippen molar-refractivity contribution in [1.29, 1.82) is 0 Å². The van der Waals surface area contributed by atoms with Crippen molar-refractivity contribution in [1.82, 2.24) is 10.2 Å². The van der Waals surface area contributed by atoms with E-state index in [2.05, 4.69) is 5.32 Å². The summed E-state index contributed by atoms with van der Waals surface area (Å²) in [5.74, 6) is -0.724. The minimum absolute atomic E-state index is 0.0422. The number of anilines is 1.